The van der Waals surface area contributed by atoms with Crippen molar-refractivity contribution in [1.82, 2.24) is 10.3 Å². The maximum Gasteiger partial charge on any atom is 0.417 e. The third-order valence-electron chi connectivity index (χ3n) is 4.65. The van der Waals surface area contributed by atoms with Crippen molar-refractivity contribution in [3.05, 3.63) is 54.2 Å². The monoisotopic (exact) mass is 427 g/mol. The van der Waals surface area contributed by atoms with Gasteiger partial charge in [0.05, 0.1) is 16.2 Å². The lowest BCUT2D eigenvalue weighted by Crippen LogP contribution is -2.37. The fourth-order valence-corrected chi connectivity index (χ4v) is 4.36. The van der Waals surface area contributed by atoms with Crippen LogP contribution in [0.25, 0.3) is 0 Å². The Morgan fingerprint density at radius 2 is 1.90 bits per heavy atom. The molecule has 1 N–H and O–H groups in total. The molecule has 2 aromatic rings. The number of nitrogens with one attached hydrogen (secondary N) is 1. The van der Waals surface area contributed by atoms with Gasteiger partial charge in [-0.25, -0.2) is 13.4 Å². The average Bonchev–Trinajstić information content (AvgIpc) is 3.15. The molecule has 10 heteroatoms. The number of amides is 1. The van der Waals surface area contributed by atoms with Gasteiger partial charge in [0.1, 0.15) is 5.82 Å². The van der Waals surface area contributed by atoms with Crippen LogP contribution in [0.15, 0.2) is 53.6 Å². The first kappa shape index (κ1) is 21.1. The van der Waals surface area contributed by atoms with E-state index in [-0.39, 0.29) is 29.0 Å². The van der Waals surface area contributed by atoms with Crippen molar-refractivity contribution in [2.24, 2.45) is 0 Å². The number of sulfone groups is 1. The summed E-state index contributed by atoms with van der Waals surface area (Å²) in [7, 11) is -3.53. The van der Waals surface area contributed by atoms with Crippen molar-refractivity contribution >= 4 is 21.6 Å². The molecule has 156 valence electrons. The third kappa shape index (κ3) is 5.47. The van der Waals surface area contributed by atoms with Crippen LogP contribution in [0.4, 0.5) is 19.0 Å². The number of carbonyl (C=O) groups excluding carboxylic acids is 1. The van der Waals surface area contributed by atoms with E-state index in [9.17, 15) is 26.4 Å². The second-order valence-electron chi connectivity index (χ2n) is 6.78. The molecule has 0 spiro atoms. The first-order valence-electron chi connectivity index (χ1n) is 9.00. The van der Waals surface area contributed by atoms with Gasteiger partial charge in [-0.15, -0.1) is 0 Å². The number of pyridine rings is 1. The van der Waals surface area contributed by atoms with Gasteiger partial charge in [-0.05, 0) is 30.7 Å². The fourth-order valence-electron chi connectivity index (χ4n) is 3.10. The zero-order chi connectivity index (χ0) is 21.1. The molecule has 1 aliphatic heterocycles. The van der Waals surface area contributed by atoms with Gasteiger partial charge in [0.25, 0.3) is 0 Å². The molecule has 3 rings (SSSR count). The molecular formula is C19H20F3N3O3S. The summed E-state index contributed by atoms with van der Waals surface area (Å²) in [6.45, 7) is 0.932. The summed E-state index contributed by atoms with van der Waals surface area (Å²) in [6, 6.07) is 9.99. The largest absolute Gasteiger partial charge is 0.417 e. The van der Waals surface area contributed by atoms with Gasteiger partial charge >= 0.3 is 6.18 Å². The molecule has 1 unspecified atom stereocenters. The van der Waals surface area contributed by atoms with E-state index >= 15 is 0 Å². The summed E-state index contributed by atoms with van der Waals surface area (Å²) in [5, 5.41) is 2.79. The molecule has 0 saturated carbocycles. The first-order chi connectivity index (χ1) is 13.6. The quantitative estimate of drug-likeness (QED) is 0.767. The lowest BCUT2D eigenvalue weighted by Gasteiger charge is -2.18. The zero-order valence-corrected chi connectivity index (χ0v) is 16.2. The van der Waals surface area contributed by atoms with Crippen LogP contribution in [-0.4, -0.2) is 44.2 Å². The number of aromatic nitrogens is 1. The molecule has 0 aliphatic carbocycles. The molecule has 1 aliphatic rings. The van der Waals surface area contributed by atoms with Crippen LogP contribution in [0.2, 0.25) is 0 Å². The van der Waals surface area contributed by atoms with E-state index in [1.54, 1.807) is 23.1 Å². The minimum absolute atomic E-state index is 0.160. The van der Waals surface area contributed by atoms with Gasteiger partial charge in [0.2, 0.25) is 5.91 Å². The van der Waals surface area contributed by atoms with Crippen LogP contribution in [0.3, 0.4) is 0 Å². The molecule has 0 radical (unpaired) electrons. The summed E-state index contributed by atoms with van der Waals surface area (Å²) in [4.78, 5) is 18.0. The number of alkyl halides is 3. The highest BCUT2D eigenvalue weighted by Crippen LogP contribution is 2.29. The van der Waals surface area contributed by atoms with E-state index in [0.29, 0.717) is 25.3 Å². The van der Waals surface area contributed by atoms with Crippen molar-refractivity contribution in [3.63, 3.8) is 0 Å². The van der Waals surface area contributed by atoms with Crippen LogP contribution in [0.5, 0.6) is 0 Å². The molecule has 1 aromatic heterocycles. The van der Waals surface area contributed by atoms with Gasteiger partial charge in [0.15, 0.2) is 9.84 Å². The van der Waals surface area contributed by atoms with Crippen LogP contribution in [-0.2, 0) is 20.8 Å². The Bertz CT molecular complexity index is 948. The molecular weight excluding hydrogens is 407 g/mol. The fraction of sp³-hybridized carbons (Fsp3) is 0.368. The standard InChI is InChI=1S/C19H20F3N3O3S/c20-19(21,22)14-6-7-17(23-12-14)25-10-8-15(13-25)24-18(26)9-11-29(27,28)16-4-2-1-3-5-16/h1-7,12,15H,8-11,13H2,(H,24,26). The molecule has 2 heterocycles. The van der Waals surface area contributed by atoms with Gasteiger partial charge in [-0.2, -0.15) is 13.2 Å². The number of carbonyl (C=O) groups is 1. The maximum atomic E-state index is 12.6. The predicted molar refractivity (Wildman–Crippen MR) is 101 cm³/mol. The highest BCUT2D eigenvalue weighted by atomic mass is 32.2. The second kappa shape index (κ2) is 8.40. The smallest absolute Gasteiger partial charge is 0.354 e. The second-order valence-corrected chi connectivity index (χ2v) is 8.89. The van der Waals surface area contributed by atoms with E-state index in [2.05, 4.69) is 10.3 Å². The topological polar surface area (TPSA) is 79.4 Å². The van der Waals surface area contributed by atoms with Crippen LogP contribution >= 0.6 is 0 Å². The summed E-state index contributed by atoms with van der Waals surface area (Å²) < 4.78 is 62.3. The molecule has 1 amide bonds. The zero-order valence-electron chi connectivity index (χ0n) is 15.4. The molecule has 1 saturated heterocycles. The lowest BCUT2D eigenvalue weighted by atomic mass is 10.2. The summed E-state index contributed by atoms with van der Waals surface area (Å²) >= 11 is 0. The van der Waals surface area contributed by atoms with Crippen molar-refractivity contribution in [2.75, 3.05) is 23.7 Å². The summed E-state index contributed by atoms with van der Waals surface area (Å²) in [5.74, 6) is -0.266. The third-order valence-corrected chi connectivity index (χ3v) is 6.38. The minimum atomic E-state index is -4.44. The van der Waals surface area contributed by atoms with Crippen molar-refractivity contribution in [3.8, 4) is 0 Å². The Morgan fingerprint density at radius 3 is 2.52 bits per heavy atom. The van der Waals surface area contributed by atoms with Crippen LogP contribution < -0.4 is 10.2 Å². The number of hydrogen-bond acceptors (Lipinski definition) is 5. The number of benzene rings is 1. The minimum Gasteiger partial charge on any atom is -0.354 e. The number of nitrogens with zero attached hydrogens (tertiary/aromatic N) is 2. The number of hydrogen-bond donors (Lipinski definition) is 1. The van der Waals surface area contributed by atoms with Crippen molar-refractivity contribution < 1.29 is 26.4 Å². The molecule has 29 heavy (non-hydrogen) atoms. The van der Waals surface area contributed by atoms with E-state index in [4.69, 9.17) is 0 Å². The van der Waals surface area contributed by atoms with Gasteiger partial charge in [-0.1, -0.05) is 18.2 Å². The molecule has 1 atom stereocenters. The summed E-state index contributed by atoms with van der Waals surface area (Å²) in [5.41, 5.74) is -0.815. The Hall–Kier alpha value is -2.62. The van der Waals surface area contributed by atoms with Crippen LogP contribution in [0.1, 0.15) is 18.4 Å². The molecule has 1 fully saturated rings. The number of halogens is 3. The average molecular weight is 427 g/mol. The molecule has 0 bridgehead atoms. The Morgan fingerprint density at radius 1 is 1.17 bits per heavy atom. The maximum absolute atomic E-state index is 12.6. The number of rotatable bonds is 6. The van der Waals surface area contributed by atoms with Crippen LogP contribution in [0, 0.1) is 0 Å². The Balaban J connectivity index is 1.50. The van der Waals surface area contributed by atoms with Gasteiger partial charge in [-0.3, -0.25) is 4.79 Å². The van der Waals surface area contributed by atoms with Gasteiger partial charge in [0, 0.05) is 31.7 Å². The van der Waals surface area contributed by atoms with E-state index in [1.165, 1.54) is 18.2 Å². The SMILES string of the molecule is O=C(CCS(=O)(=O)c1ccccc1)NC1CCN(c2ccc(C(F)(F)F)cn2)C1. The highest BCUT2D eigenvalue weighted by Gasteiger charge is 2.31. The van der Waals surface area contributed by atoms with E-state index < -0.39 is 21.6 Å². The van der Waals surface area contributed by atoms with Gasteiger partial charge < -0.3 is 10.2 Å². The van der Waals surface area contributed by atoms with E-state index in [0.717, 1.165) is 12.3 Å². The Labute approximate surface area is 166 Å². The predicted octanol–water partition coefficient (Wildman–Crippen LogP) is 2.66. The summed E-state index contributed by atoms with van der Waals surface area (Å²) in [6.07, 6.45) is -3.21. The van der Waals surface area contributed by atoms with E-state index in [1.807, 2.05) is 0 Å². The normalized spacial score (nSPS) is 17.3. The first-order valence-corrected chi connectivity index (χ1v) is 10.7. The van der Waals surface area contributed by atoms with Crippen molar-refractivity contribution in [2.45, 2.75) is 30.0 Å². The molecule has 1 aromatic carbocycles. The highest BCUT2D eigenvalue weighted by molar-refractivity contribution is 7.91. The Kier molecular flexibility index (Phi) is 6.11. The number of anilines is 1. The molecule has 6 nitrogen and oxygen atoms in total. The van der Waals surface area contributed by atoms with Crippen molar-refractivity contribution in [1.29, 1.82) is 0 Å². The lowest BCUT2D eigenvalue weighted by molar-refractivity contribution is -0.137.